The van der Waals surface area contributed by atoms with Crippen molar-refractivity contribution in [3.8, 4) is 11.1 Å². The molecule has 3 amide bonds. The number of ether oxygens (including phenoxy) is 1. The van der Waals surface area contributed by atoms with E-state index in [1.54, 1.807) is 6.92 Å². The first-order valence-electron chi connectivity index (χ1n) is 11.2. The lowest BCUT2D eigenvalue weighted by Crippen LogP contribution is -2.44. The highest BCUT2D eigenvalue weighted by atomic mass is 16.5. The molecule has 2 aromatic carbocycles. The Balaban J connectivity index is 1.37. The van der Waals surface area contributed by atoms with E-state index in [0.717, 1.165) is 22.3 Å². The van der Waals surface area contributed by atoms with Gasteiger partial charge in [-0.3, -0.25) is 14.4 Å². The smallest absolute Gasteiger partial charge is 0.407 e. The summed E-state index contributed by atoms with van der Waals surface area (Å²) in [5, 5.41) is 16.1. The average molecular weight is 468 g/mol. The Bertz CT molecular complexity index is 1010. The van der Waals surface area contributed by atoms with Gasteiger partial charge in [-0.25, -0.2) is 4.79 Å². The maximum Gasteiger partial charge on any atom is 0.407 e. The quantitative estimate of drug-likeness (QED) is 0.401. The van der Waals surface area contributed by atoms with Crippen LogP contribution in [0.3, 0.4) is 0 Å². The van der Waals surface area contributed by atoms with E-state index in [2.05, 4.69) is 16.0 Å². The highest BCUT2D eigenvalue weighted by Gasteiger charge is 2.29. The van der Waals surface area contributed by atoms with E-state index in [9.17, 15) is 19.2 Å². The number of aliphatic carboxylic acids is 1. The fourth-order valence-corrected chi connectivity index (χ4v) is 4.00. The molecule has 0 aliphatic heterocycles. The molecular formula is C25H29N3O6. The van der Waals surface area contributed by atoms with Crippen LogP contribution in [-0.2, 0) is 19.1 Å². The lowest BCUT2D eigenvalue weighted by Gasteiger charge is -2.15. The van der Waals surface area contributed by atoms with Crippen LogP contribution in [0, 0.1) is 0 Å². The molecule has 0 spiro atoms. The molecule has 4 N–H and O–H groups in total. The predicted molar refractivity (Wildman–Crippen MR) is 125 cm³/mol. The molecule has 1 unspecified atom stereocenters. The first-order valence-corrected chi connectivity index (χ1v) is 11.2. The maximum atomic E-state index is 12.1. The number of carboxylic acid groups (broad SMARTS) is 1. The van der Waals surface area contributed by atoms with Crippen molar-refractivity contribution in [1.82, 2.24) is 16.0 Å². The van der Waals surface area contributed by atoms with Crippen LogP contribution in [0.25, 0.3) is 11.1 Å². The number of hydrogen-bond acceptors (Lipinski definition) is 5. The summed E-state index contributed by atoms with van der Waals surface area (Å²) in [4.78, 5) is 46.5. The Labute approximate surface area is 197 Å². The number of carbonyl (C=O) groups excluding carboxylic acids is 3. The first-order chi connectivity index (χ1) is 16.3. The van der Waals surface area contributed by atoms with E-state index in [1.807, 2.05) is 48.5 Å². The van der Waals surface area contributed by atoms with E-state index in [0.29, 0.717) is 12.8 Å². The van der Waals surface area contributed by atoms with E-state index < -0.39 is 23.9 Å². The zero-order chi connectivity index (χ0) is 24.5. The van der Waals surface area contributed by atoms with Gasteiger partial charge in [0.1, 0.15) is 13.2 Å². The third-order valence-electron chi connectivity index (χ3n) is 5.62. The number of carboxylic acids is 1. The summed E-state index contributed by atoms with van der Waals surface area (Å²) in [6.45, 7) is 1.34. The van der Waals surface area contributed by atoms with Gasteiger partial charge in [0.05, 0.1) is 6.54 Å². The average Bonchev–Trinajstić information content (AvgIpc) is 3.13. The summed E-state index contributed by atoms with van der Waals surface area (Å²) in [7, 11) is 0. The van der Waals surface area contributed by atoms with Gasteiger partial charge in [-0.15, -0.1) is 0 Å². The molecule has 9 nitrogen and oxygen atoms in total. The maximum absolute atomic E-state index is 12.1. The first kappa shape index (κ1) is 24.8. The number of nitrogens with one attached hydrogen (secondary N) is 3. The zero-order valence-corrected chi connectivity index (χ0v) is 19.0. The standard InChI is InChI=1S/C25H29N3O6/c1-16(7-6-12-24(31)32)28-23(30)14-26-22(29)13-27-25(33)34-15-21-19-10-4-2-8-17(19)18-9-3-5-11-20(18)21/h2-5,8-11,16,21H,6-7,12-15H2,1H3,(H,26,29)(H,27,33)(H,28,30)(H,31,32). The van der Waals surface area contributed by atoms with Gasteiger partial charge < -0.3 is 25.8 Å². The Kier molecular flexibility index (Phi) is 8.61. The number of hydrogen-bond donors (Lipinski definition) is 4. The number of carbonyl (C=O) groups is 4. The molecule has 3 rings (SSSR count). The van der Waals surface area contributed by atoms with E-state index in [-0.39, 0.29) is 38.1 Å². The van der Waals surface area contributed by atoms with Crippen molar-refractivity contribution >= 4 is 23.9 Å². The van der Waals surface area contributed by atoms with Crippen LogP contribution in [-0.4, -0.2) is 54.7 Å². The van der Waals surface area contributed by atoms with Gasteiger partial charge in [-0.1, -0.05) is 48.5 Å². The molecule has 0 saturated carbocycles. The monoisotopic (exact) mass is 467 g/mol. The third-order valence-corrected chi connectivity index (χ3v) is 5.62. The van der Waals surface area contributed by atoms with Crippen LogP contribution < -0.4 is 16.0 Å². The number of benzene rings is 2. The molecule has 0 heterocycles. The Morgan fingerprint density at radius 1 is 0.912 bits per heavy atom. The fraction of sp³-hybridized carbons (Fsp3) is 0.360. The number of alkyl carbamates (subject to hydrolysis) is 1. The summed E-state index contributed by atoms with van der Waals surface area (Å²) in [6.07, 6.45) is 0.301. The summed E-state index contributed by atoms with van der Waals surface area (Å²) >= 11 is 0. The van der Waals surface area contributed by atoms with Crippen LogP contribution in [0.1, 0.15) is 43.2 Å². The second-order valence-corrected chi connectivity index (χ2v) is 8.21. The molecule has 2 aromatic rings. The van der Waals surface area contributed by atoms with Gasteiger partial charge in [-0.2, -0.15) is 0 Å². The van der Waals surface area contributed by atoms with Crippen molar-refractivity contribution in [1.29, 1.82) is 0 Å². The van der Waals surface area contributed by atoms with Crippen LogP contribution in [0.2, 0.25) is 0 Å². The molecule has 180 valence electrons. The highest BCUT2D eigenvalue weighted by molar-refractivity contribution is 5.87. The van der Waals surface area contributed by atoms with Crippen LogP contribution in [0.5, 0.6) is 0 Å². The summed E-state index contributed by atoms with van der Waals surface area (Å²) in [6, 6.07) is 15.8. The van der Waals surface area contributed by atoms with Crippen molar-refractivity contribution in [3.05, 3.63) is 59.7 Å². The number of fused-ring (bicyclic) bond motifs is 3. The van der Waals surface area contributed by atoms with E-state index in [1.165, 1.54) is 0 Å². The molecule has 0 saturated heterocycles. The normalized spacial score (nSPS) is 12.7. The minimum Gasteiger partial charge on any atom is -0.481 e. The molecule has 1 aliphatic rings. The Hall–Kier alpha value is -3.88. The van der Waals surface area contributed by atoms with Crippen molar-refractivity contribution in [3.63, 3.8) is 0 Å². The highest BCUT2D eigenvalue weighted by Crippen LogP contribution is 2.44. The van der Waals surface area contributed by atoms with Crippen LogP contribution in [0.4, 0.5) is 4.79 Å². The molecule has 0 aromatic heterocycles. The van der Waals surface area contributed by atoms with E-state index >= 15 is 0 Å². The Morgan fingerprint density at radius 3 is 2.12 bits per heavy atom. The molecule has 0 fully saturated rings. The van der Waals surface area contributed by atoms with Gasteiger partial charge in [0.15, 0.2) is 0 Å². The summed E-state index contributed by atoms with van der Waals surface area (Å²) in [5.41, 5.74) is 4.44. The number of rotatable bonds is 11. The SMILES string of the molecule is CC(CCCC(=O)O)NC(=O)CNC(=O)CNC(=O)OCC1c2ccccc2-c2ccccc21. The lowest BCUT2D eigenvalue weighted by molar-refractivity contribution is -0.137. The summed E-state index contributed by atoms with van der Waals surface area (Å²) in [5.74, 6) is -1.87. The molecule has 1 atom stereocenters. The van der Waals surface area contributed by atoms with Crippen molar-refractivity contribution < 1.29 is 29.0 Å². The molecular weight excluding hydrogens is 438 g/mol. The van der Waals surface area contributed by atoms with E-state index in [4.69, 9.17) is 9.84 Å². The van der Waals surface area contributed by atoms with Crippen molar-refractivity contribution in [2.45, 2.75) is 38.1 Å². The number of amides is 3. The van der Waals surface area contributed by atoms with Gasteiger partial charge in [0.2, 0.25) is 11.8 Å². The van der Waals surface area contributed by atoms with Crippen molar-refractivity contribution in [2.24, 2.45) is 0 Å². The summed E-state index contributed by atoms with van der Waals surface area (Å²) < 4.78 is 5.37. The van der Waals surface area contributed by atoms with Crippen LogP contribution in [0.15, 0.2) is 48.5 Å². The van der Waals surface area contributed by atoms with Crippen LogP contribution >= 0.6 is 0 Å². The van der Waals surface area contributed by atoms with Gasteiger partial charge in [-0.05, 0) is 42.0 Å². The minimum absolute atomic E-state index is 0.0402. The second-order valence-electron chi connectivity index (χ2n) is 8.21. The van der Waals surface area contributed by atoms with Gasteiger partial charge in [0, 0.05) is 18.4 Å². The Morgan fingerprint density at radius 2 is 1.50 bits per heavy atom. The topological polar surface area (TPSA) is 134 Å². The largest absolute Gasteiger partial charge is 0.481 e. The predicted octanol–water partition coefficient (Wildman–Crippen LogP) is 2.40. The molecule has 1 aliphatic carbocycles. The third kappa shape index (κ3) is 6.81. The lowest BCUT2D eigenvalue weighted by atomic mass is 9.98. The fourth-order valence-electron chi connectivity index (χ4n) is 4.00. The zero-order valence-electron chi connectivity index (χ0n) is 19.0. The molecule has 34 heavy (non-hydrogen) atoms. The molecule has 9 heteroatoms. The minimum atomic E-state index is -0.880. The second kappa shape index (κ2) is 11.8. The molecule has 0 bridgehead atoms. The van der Waals surface area contributed by atoms with Gasteiger partial charge in [0.25, 0.3) is 0 Å². The van der Waals surface area contributed by atoms with Gasteiger partial charge >= 0.3 is 12.1 Å². The molecule has 0 radical (unpaired) electrons. The van der Waals surface area contributed by atoms with Crippen molar-refractivity contribution in [2.75, 3.05) is 19.7 Å².